The van der Waals surface area contributed by atoms with Crippen molar-refractivity contribution in [3.63, 3.8) is 0 Å². The van der Waals surface area contributed by atoms with Crippen LogP contribution in [-0.4, -0.2) is 10.2 Å². The Kier molecular flexibility index (Phi) is 3.02. The molecule has 0 heterocycles. The molecule has 1 unspecified atom stereocenters. The lowest BCUT2D eigenvalue weighted by Gasteiger charge is -2.14. The number of rotatable bonds is 2. The van der Waals surface area contributed by atoms with Gasteiger partial charge >= 0.3 is 0 Å². The van der Waals surface area contributed by atoms with Gasteiger partial charge in [0.25, 0.3) is 0 Å². The molecule has 0 fully saturated rings. The molecule has 0 radical (unpaired) electrons. The van der Waals surface area contributed by atoms with E-state index in [-0.39, 0.29) is 0 Å². The lowest BCUT2D eigenvalue weighted by Crippen LogP contribution is -2.12. The first-order chi connectivity index (χ1) is 7.29. The number of hydrogen-bond acceptors (Lipinski definition) is 0. The maximum absolute atomic E-state index is 2.28. The van der Waals surface area contributed by atoms with E-state index in [2.05, 4.69) is 61.5 Å². The molecule has 0 aromatic heterocycles. The van der Waals surface area contributed by atoms with Gasteiger partial charge in [0.1, 0.15) is 0 Å². The first-order valence-corrected chi connectivity index (χ1v) is 6.39. The fraction of sp³-hybridized carbons (Fsp3) is 0.143. The Morgan fingerprint density at radius 1 is 0.867 bits per heavy atom. The van der Waals surface area contributed by atoms with Gasteiger partial charge in [0, 0.05) is 16.2 Å². The molecule has 1 heteroatoms. The summed E-state index contributed by atoms with van der Waals surface area (Å²) in [5, 5.41) is 1.51. The molecule has 0 aliphatic heterocycles. The van der Waals surface area contributed by atoms with E-state index in [9.17, 15) is 0 Å². The molecule has 0 bridgehead atoms. The van der Waals surface area contributed by atoms with Crippen molar-refractivity contribution in [2.24, 2.45) is 0 Å². The Hall–Kier alpha value is -1.34. The topological polar surface area (TPSA) is 0 Å². The van der Waals surface area contributed by atoms with Crippen LogP contribution in [0.4, 0.5) is 0 Å². The quantitative estimate of drug-likeness (QED) is 0.666. The zero-order valence-electron chi connectivity index (χ0n) is 9.27. The van der Waals surface area contributed by atoms with Gasteiger partial charge in [-0.05, 0) is 11.1 Å². The summed E-state index contributed by atoms with van der Waals surface area (Å²) < 4.78 is 0. The summed E-state index contributed by atoms with van der Waals surface area (Å²) in [6.45, 7) is 2.28. The fourth-order valence-electron chi connectivity index (χ4n) is 1.99. The predicted octanol–water partition coefficient (Wildman–Crippen LogP) is 1.83. The van der Waals surface area contributed by atoms with E-state index in [4.69, 9.17) is 0 Å². The van der Waals surface area contributed by atoms with E-state index in [0.717, 1.165) is 10.2 Å². The Balaban J connectivity index is 2.37. The zero-order chi connectivity index (χ0) is 10.7. The fourth-order valence-corrected chi connectivity index (χ4v) is 2.79. The standard InChI is InChI=1S/C14H16Si/c1-11(12-7-3-2-4-8-12)13-9-5-6-10-14(13)15/h2-11H,1,15H3. The first-order valence-electron chi connectivity index (χ1n) is 5.39. The van der Waals surface area contributed by atoms with E-state index in [0.29, 0.717) is 5.92 Å². The normalized spacial score (nSPS) is 12.6. The molecule has 2 rings (SSSR count). The van der Waals surface area contributed by atoms with E-state index in [1.807, 2.05) is 0 Å². The number of benzene rings is 2. The summed E-state index contributed by atoms with van der Waals surface area (Å²) in [6, 6.07) is 19.5. The maximum atomic E-state index is 2.28. The molecule has 0 saturated carbocycles. The molecule has 0 nitrogen and oxygen atoms in total. The first kappa shape index (κ1) is 10.2. The Bertz CT molecular complexity index is 434. The molecular formula is C14H16Si. The van der Waals surface area contributed by atoms with Crippen LogP contribution in [-0.2, 0) is 0 Å². The summed E-state index contributed by atoms with van der Waals surface area (Å²) in [5.41, 5.74) is 2.89. The van der Waals surface area contributed by atoms with Crippen LogP contribution < -0.4 is 5.19 Å². The van der Waals surface area contributed by atoms with Gasteiger partial charge in [-0.25, -0.2) is 0 Å². The SMILES string of the molecule is CC(c1ccccc1)c1ccccc1[SiH3]. The third-order valence-electron chi connectivity index (χ3n) is 2.95. The van der Waals surface area contributed by atoms with Crippen LogP contribution in [0.25, 0.3) is 0 Å². The van der Waals surface area contributed by atoms with E-state index in [1.54, 1.807) is 0 Å². The second-order valence-electron chi connectivity index (χ2n) is 3.99. The van der Waals surface area contributed by atoms with Gasteiger partial charge in [0.15, 0.2) is 0 Å². The van der Waals surface area contributed by atoms with Gasteiger partial charge in [-0.1, -0.05) is 66.7 Å². The van der Waals surface area contributed by atoms with Crippen LogP contribution in [0.15, 0.2) is 54.6 Å². The second kappa shape index (κ2) is 4.45. The maximum Gasteiger partial charge on any atom is 0.0388 e. The lowest BCUT2D eigenvalue weighted by atomic mass is 9.93. The third kappa shape index (κ3) is 2.18. The minimum Gasteiger partial charge on any atom is -0.0670 e. The van der Waals surface area contributed by atoms with Gasteiger partial charge in [-0.3, -0.25) is 0 Å². The minimum atomic E-state index is 0.514. The van der Waals surface area contributed by atoms with Crippen molar-refractivity contribution in [1.82, 2.24) is 0 Å². The molecule has 0 saturated heterocycles. The van der Waals surface area contributed by atoms with Crippen molar-refractivity contribution < 1.29 is 0 Å². The van der Waals surface area contributed by atoms with Crippen molar-refractivity contribution >= 4 is 15.4 Å². The van der Waals surface area contributed by atoms with E-state index in [1.165, 1.54) is 16.3 Å². The monoisotopic (exact) mass is 212 g/mol. The smallest absolute Gasteiger partial charge is 0.0388 e. The van der Waals surface area contributed by atoms with Crippen LogP contribution in [0.3, 0.4) is 0 Å². The van der Waals surface area contributed by atoms with Crippen molar-refractivity contribution in [3.05, 3.63) is 65.7 Å². The van der Waals surface area contributed by atoms with Crippen molar-refractivity contribution in [3.8, 4) is 0 Å². The molecule has 2 aromatic carbocycles. The predicted molar refractivity (Wildman–Crippen MR) is 70.0 cm³/mol. The molecule has 2 aromatic rings. The molecule has 1 atom stereocenters. The average molecular weight is 212 g/mol. The highest BCUT2D eigenvalue weighted by Crippen LogP contribution is 2.21. The van der Waals surface area contributed by atoms with Crippen molar-refractivity contribution in [2.45, 2.75) is 12.8 Å². The highest BCUT2D eigenvalue weighted by molar-refractivity contribution is 6.33. The summed E-state index contributed by atoms with van der Waals surface area (Å²) in [6.07, 6.45) is 0. The lowest BCUT2D eigenvalue weighted by molar-refractivity contribution is 0.930. The second-order valence-corrected chi connectivity index (χ2v) is 5.07. The number of hydrogen-bond donors (Lipinski definition) is 0. The average Bonchev–Trinajstić information content (AvgIpc) is 2.30. The Labute approximate surface area is 94.4 Å². The van der Waals surface area contributed by atoms with E-state index >= 15 is 0 Å². The van der Waals surface area contributed by atoms with Crippen molar-refractivity contribution in [2.75, 3.05) is 0 Å². The summed E-state index contributed by atoms with van der Waals surface area (Å²) in [5.74, 6) is 0.514. The minimum absolute atomic E-state index is 0.514. The van der Waals surface area contributed by atoms with Gasteiger partial charge in [-0.15, -0.1) is 0 Å². The zero-order valence-corrected chi connectivity index (χ0v) is 11.3. The van der Waals surface area contributed by atoms with Crippen LogP contribution in [0, 0.1) is 0 Å². The molecule has 0 aliphatic carbocycles. The highest BCUT2D eigenvalue weighted by Gasteiger charge is 2.08. The Morgan fingerprint density at radius 3 is 2.13 bits per heavy atom. The van der Waals surface area contributed by atoms with Crippen LogP contribution in [0.5, 0.6) is 0 Å². The van der Waals surface area contributed by atoms with Crippen LogP contribution in [0.1, 0.15) is 24.0 Å². The third-order valence-corrected chi connectivity index (χ3v) is 3.87. The van der Waals surface area contributed by atoms with Gasteiger partial charge in [0.2, 0.25) is 0 Å². The molecule has 0 amide bonds. The van der Waals surface area contributed by atoms with E-state index < -0.39 is 0 Å². The summed E-state index contributed by atoms with van der Waals surface area (Å²) >= 11 is 0. The van der Waals surface area contributed by atoms with Gasteiger partial charge in [-0.2, -0.15) is 0 Å². The molecule has 76 valence electrons. The summed E-state index contributed by atoms with van der Waals surface area (Å²) in [7, 11) is 1.12. The summed E-state index contributed by atoms with van der Waals surface area (Å²) in [4.78, 5) is 0. The molecular weight excluding hydrogens is 196 g/mol. The van der Waals surface area contributed by atoms with Gasteiger partial charge in [0.05, 0.1) is 0 Å². The van der Waals surface area contributed by atoms with Crippen LogP contribution >= 0.6 is 0 Å². The highest BCUT2D eigenvalue weighted by atomic mass is 28.1. The largest absolute Gasteiger partial charge is 0.0670 e. The molecule has 0 spiro atoms. The molecule has 15 heavy (non-hydrogen) atoms. The molecule has 0 N–H and O–H groups in total. The van der Waals surface area contributed by atoms with Gasteiger partial charge < -0.3 is 0 Å². The Morgan fingerprint density at radius 2 is 1.47 bits per heavy atom. The molecule has 0 aliphatic rings. The van der Waals surface area contributed by atoms with Crippen molar-refractivity contribution in [1.29, 1.82) is 0 Å². The van der Waals surface area contributed by atoms with Crippen LogP contribution in [0.2, 0.25) is 0 Å².